The van der Waals surface area contributed by atoms with Gasteiger partial charge in [0.2, 0.25) is 5.76 Å². The van der Waals surface area contributed by atoms with E-state index in [2.05, 4.69) is 0 Å². The van der Waals surface area contributed by atoms with Crippen LogP contribution >= 0.6 is 0 Å². The molecule has 0 saturated heterocycles. The van der Waals surface area contributed by atoms with Crippen LogP contribution in [0.25, 0.3) is 0 Å². The highest BCUT2D eigenvalue weighted by molar-refractivity contribution is 5.97. The molecule has 1 aliphatic heterocycles. The molecule has 0 fully saturated rings. The Morgan fingerprint density at radius 1 is 1.06 bits per heavy atom. The lowest BCUT2D eigenvalue weighted by Crippen LogP contribution is -2.41. The number of cyclic esters (lactones) is 1. The number of benzene rings is 3. The minimum atomic E-state index is -0.583. The number of nitro benzene ring substituents is 1. The van der Waals surface area contributed by atoms with Crippen molar-refractivity contribution in [2.45, 2.75) is 0 Å². The van der Waals surface area contributed by atoms with Gasteiger partial charge in [0.25, 0.3) is 5.69 Å². The Morgan fingerprint density at radius 2 is 1.81 bits per heavy atom. The lowest BCUT2D eigenvalue weighted by atomic mass is 10.1. The summed E-state index contributed by atoms with van der Waals surface area (Å²) in [5, 5.41) is 11.0. The maximum atomic E-state index is 13.2. The summed E-state index contributed by atoms with van der Waals surface area (Å²) in [6, 6.07) is 19.6. The molecule has 2 radical (unpaired) electrons. The van der Waals surface area contributed by atoms with Crippen LogP contribution in [0.15, 0.2) is 84.8 Å². The number of nitrogens with zero attached hydrogens (tertiary/aromatic N) is 2. The highest BCUT2D eigenvalue weighted by Crippen LogP contribution is 2.44. The van der Waals surface area contributed by atoms with Crippen LogP contribution < -0.4 is 15.0 Å². The van der Waals surface area contributed by atoms with Crippen LogP contribution in [-0.4, -0.2) is 17.6 Å². The first-order valence-corrected chi connectivity index (χ1v) is 9.31. The second-order valence-electron chi connectivity index (χ2n) is 6.88. The molecule has 1 amide bonds. The van der Waals surface area contributed by atoms with Gasteiger partial charge in [-0.25, -0.2) is 0 Å². The second-order valence-corrected chi connectivity index (χ2v) is 6.88. The Morgan fingerprint density at radius 3 is 2.52 bits per heavy atom. The highest BCUT2D eigenvalue weighted by Gasteiger charge is 2.50. The maximum Gasteiger partial charge on any atom is 0.536 e. The van der Waals surface area contributed by atoms with E-state index in [1.54, 1.807) is 60.8 Å². The zero-order valence-corrected chi connectivity index (χ0v) is 16.3. The molecule has 1 aliphatic rings. The number of carbonyl (C=O) groups excluding carboxylic acids is 1. The number of hydrogen-bond donors (Lipinski definition) is 1. The summed E-state index contributed by atoms with van der Waals surface area (Å²) in [5.41, 5.74) is 8.16. The molecular formula is C23H18N3O5+. The molecular weight excluding hydrogens is 398 g/mol. The number of rotatable bonds is 6. The highest BCUT2D eigenvalue weighted by atomic mass is 16.6. The third-order valence-corrected chi connectivity index (χ3v) is 4.87. The monoisotopic (exact) mass is 416 g/mol. The number of non-ortho nitro benzene ring substituents is 1. The number of nitro groups is 1. The van der Waals surface area contributed by atoms with Crippen LogP contribution in [-0.2, 0) is 4.74 Å². The lowest BCUT2D eigenvalue weighted by Gasteiger charge is -2.26. The quantitative estimate of drug-likeness (QED) is 0.264. The minimum Gasteiger partial charge on any atom is -0.485 e. The molecule has 0 spiro atoms. The molecule has 3 aromatic carbocycles. The van der Waals surface area contributed by atoms with Crippen molar-refractivity contribution >= 4 is 28.8 Å². The van der Waals surface area contributed by atoms with Gasteiger partial charge >= 0.3 is 6.09 Å². The Hall–Kier alpha value is -4.17. The van der Waals surface area contributed by atoms with Crippen molar-refractivity contribution in [1.29, 1.82) is 0 Å². The van der Waals surface area contributed by atoms with Crippen LogP contribution in [0.1, 0.15) is 5.56 Å². The topological polar surface area (TPSA) is 105 Å². The molecule has 2 N–H and O–H groups in total. The van der Waals surface area contributed by atoms with Crippen LogP contribution in [0, 0.1) is 17.0 Å². The average molecular weight is 416 g/mol. The number of hydrogen-bond acceptors (Lipinski definition) is 6. The molecule has 31 heavy (non-hydrogen) atoms. The molecule has 1 unspecified atom stereocenters. The van der Waals surface area contributed by atoms with Gasteiger partial charge in [0.1, 0.15) is 5.75 Å². The number of quaternary nitrogens is 1. The number of para-hydroxylation sites is 2. The summed E-state index contributed by atoms with van der Waals surface area (Å²) < 4.78 is 10.7. The first-order chi connectivity index (χ1) is 14.9. The molecule has 0 aliphatic carbocycles. The summed E-state index contributed by atoms with van der Waals surface area (Å²) in [6.45, 7) is 5.71. The average Bonchev–Trinajstić information content (AvgIpc) is 3.10. The molecule has 1 atom stereocenters. The zero-order valence-electron chi connectivity index (χ0n) is 16.3. The molecule has 4 rings (SSSR count). The van der Waals surface area contributed by atoms with E-state index in [0.717, 1.165) is 0 Å². The third-order valence-electron chi connectivity index (χ3n) is 4.87. The predicted octanol–water partition coefficient (Wildman–Crippen LogP) is 4.95. The summed E-state index contributed by atoms with van der Waals surface area (Å²) in [7, 11) is 0. The van der Waals surface area contributed by atoms with Gasteiger partial charge in [0.15, 0.2) is 24.2 Å². The van der Waals surface area contributed by atoms with E-state index in [0.29, 0.717) is 22.6 Å². The van der Waals surface area contributed by atoms with E-state index in [9.17, 15) is 14.9 Å². The van der Waals surface area contributed by atoms with Gasteiger partial charge in [0, 0.05) is 24.3 Å². The van der Waals surface area contributed by atoms with Gasteiger partial charge in [-0.3, -0.25) is 10.1 Å². The number of nitrogens with two attached hydrogens (primary N) is 1. The van der Waals surface area contributed by atoms with Crippen molar-refractivity contribution in [3.05, 3.63) is 107 Å². The van der Waals surface area contributed by atoms with Crippen molar-refractivity contribution in [2.24, 2.45) is 0 Å². The van der Waals surface area contributed by atoms with E-state index in [1.165, 1.54) is 18.2 Å². The molecule has 8 nitrogen and oxygen atoms in total. The molecule has 1 heterocycles. The summed E-state index contributed by atoms with van der Waals surface area (Å²) in [4.78, 5) is 23.6. The van der Waals surface area contributed by atoms with Gasteiger partial charge in [-0.15, -0.1) is 4.48 Å². The summed E-state index contributed by atoms with van der Waals surface area (Å²) in [5.74, 6) is 0.527. The number of amides is 1. The molecule has 3 aromatic rings. The molecule has 8 heteroatoms. The SMILES string of the molecule is [CH]c1ccc([N+]2(c3ccccc3N)C=C(COc3cccc([N+](=O)[O-])c3)OC2=O)cc1. The van der Waals surface area contributed by atoms with Gasteiger partial charge in [-0.1, -0.05) is 30.3 Å². The molecule has 154 valence electrons. The van der Waals surface area contributed by atoms with Crippen molar-refractivity contribution < 1.29 is 19.2 Å². The fourth-order valence-electron chi connectivity index (χ4n) is 3.39. The zero-order chi connectivity index (χ0) is 22.0. The van der Waals surface area contributed by atoms with Crippen LogP contribution in [0.4, 0.5) is 27.5 Å². The Balaban J connectivity index is 1.71. The Bertz CT molecular complexity index is 1190. The summed E-state index contributed by atoms with van der Waals surface area (Å²) >= 11 is 0. The van der Waals surface area contributed by atoms with Gasteiger partial charge < -0.3 is 15.2 Å². The van der Waals surface area contributed by atoms with E-state index >= 15 is 0 Å². The van der Waals surface area contributed by atoms with Crippen molar-refractivity contribution in [3.8, 4) is 5.75 Å². The van der Waals surface area contributed by atoms with E-state index < -0.39 is 15.5 Å². The predicted molar refractivity (Wildman–Crippen MR) is 115 cm³/mol. The van der Waals surface area contributed by atoms with Crippen molar-refractivity contribution in [2.75, 3.05) is 12.3 Å². The number of carbonyl (C=O) groups is 1. The van der Waals surface area contributed by atoms with Crippen molar-refractivity contribution in [1.82, 2.24) is 4.48 Å². The normalized spacial score (nSPS) is 17.7. The number of anilines is 1. The van der Waals surface area contributed by atoms with Gasteiger partial charge in [0.05, 0.1) is 16.7 Å². The summed E-state index contributed by atoms with van der Waals surface area (Å²) in [6.07, 6.45) is 1.02. The number of ether oxygens (including phenoxy) is 2. The van der Waals surface area contributed by atoms with Crippen LogP contribution in [0.3, 0.4) is 0 Å². The van der Waals surface area contributed by atoms with Crippen molar-refractivity contribution in [3.63, 3.8) is 0 Å². The fourth-order valence-corrected chi connectivity index (χ4v) is 3.39. The Labute approximate surface area is 178 Å². The van der Waals surface area contributed by atoms with Gasteiger partial charge in [-0.2, -0.15) is 4.79 Å². The molecule has 0 aromatic heterocycles. The molecule has 0 bridgehead atoms. The first-order valence-electron chi connectivity index (χ1n) is 9.31. The smallest absolute Gasteiger partial charge is 0.485 e. The minimum absolute atomic E-state index is 0.0982. The fraction of sp³-hybridized carbons (Fsp3) is 0.0435. The third kappa shape index (κ3) is 3.72. The molecule has 0 saturated carbocycles. The largest absolute Gasteiger partial charge is 0.536 e. The van der Waals surface area contributed by atoms with Crippen LogP contribution in [0.5, 0.6) is 5.75 Å². The Kier molecular flexibility index (Phi) is 5.14. The maximum absolute atomic E-state index is 13.2. The second kappa shape index (κ2) is 7.92. The van der Waals surface area contributed by atoms with Crippen LogP contribution in [0.2, 0.25) is 0 Å². The standard InChI is InChI=1S/C23H18N3O5/c1-16-9-11-18(12-10-16)26(22-8-3-2-7-21(22)24)14-20(31-23(26)27)15-30-19-6-4-5-17(13-19)25(28)29/h1-14H,15,24H2/q+1. The first kappa shape index (κ1) is 20.1. The van der Waals surface area contributed by atoms with E-state index in [4.69, 9.17) is 22.1 Å². The van der Waals surface area contributed by atoms with Gasteiger partial charge in [-0.05, 0) is 24.6 Å². The lowest BCUT2D eigenvalue weighted by molar-refractivity contribution is -0.384. The number of nitrogen functional groups attached to an aromatic ring is 1. The van der Waals surface area contributed by atoms with E-state index in [1.807, 2.05) is 0 Å². The van der Waals surface area contributed by atoms with E-state index in [-0.39, 0.29) is 23.8 Å².